The molecule has 0 aliphatic heterocycles. The number of carbonyl (C=O) groups excluding carboxylic acids is 1. The van der Waals surface area contributed by atoms with Gasteiger partial charge in [-0.3, -0.25) is 4.79 Å². The van der Waals surface area contributed by atoms with Crippen LogP contribution in [0.4, 0.5) is 0 Å². The molecule has 1 aromatic rings. The van der Waals surface area contributed by atoms with Crippen LogP contribution in [-0.4, -0.2) is 30.8 Å². The fraction of sp³-hybridized carbons (Fsp3) is 0.588. The monoisotopic (exact) mass is 293 g/mol. The Morgan fingerprint density at radius 3 is 2.43 bits per heavy atom. The molecule has 0 bridgehead atoms. The smallest absolute Gasteiger partial charge is 0.220 e. The third-order valence-corrected chi connectivity index (χ3v) is 3.19. The van der Waals surface area contributed by atoms with E-state index in [1.54, 1.807) is 0 Å². The number of aliphatic hydroxyl groups is 1. The molecule has 0 fully saturated rings. The number of rotatable bonds is 8. The predicted molar refractivity (Wildman–Crippen MR) is 84.6 cm³/mol. The minimum atomic E-state index is 0.00938. The van der Waals surface area contributed by atoms with E-state index in [0.717, 1.165) is 5.75 Å². The molecule has 1 rings (SSSR count). The van der Waals surface area contributed by atoms with Gasteiger partial charge < -0.3 is 15.2 Å². The van der Waals surface area contributed by atoms with Crippen LogP contribution in [0.25, 0.3) is 0 Å². The molecule has 0 heterocycles. The molecule has 0 unspecified atom stereocenters. The van der Waals surface area contributed by atoms with Gasteiger partial charge in [-0.1, -0.05) is 32.9 Å². The van der Waals surface area contributed by atoms with Crippen LogP contribution in [0.2, 0.25) is 0 Å². The third kappa shape index (κ3) is 7.14. The van der Waals surface area contributed by atoms with Crippen molar-refractivity contribution in [1.29, 1.82) is 0 Å². The van der Waals surface area contributed by atoms with Crippen LogP contribution in [-0.2, 0) is 10.2 Å². The molecule has 4 heteroatoms. The zero-order chi connectivity index (χ0) is 15.7. The summed E-state index contributed by atoms with van der Waals surface area (Å²) < 4.78 is 5.63. The van der Waals surface area contributed by atoms with E-state index in [2.05, 4.69) is 38.2 Å². The predicted octanol–water partition coefficient (Wildman–Crippen LogP) is 2.64. The van der Waals surface area contributed by atoms with Gasteiger partial charge in [0.05, 0.1) is 6.61 Å². The van der Waals surface area contributed by atoms with Crippen LogP contribution in [0.1, 0.15) is 45.6 Å². The van der Waals surface area contributed by atoms with Crippen LogP contribution in [0.3, 0.4) is 0 Å². The lowest BCUT2D eigenvalue weighted by atomic mass is 9.87. The third-order valence-electron chi connectivity index (χ3n) is 3.19. The average molecular weight is 293 g/mol. The van der Waals surface area contributed by atoms with Crippen molar-refractivity contribution in [3.63, 3.8) is 0 Å². The van der Waals surface area contributed by atoms with E-state index in [-0.39, 0.29) is 17.9 Å². The maximum Gasteiger partial charge on any atom is 0.220 e. The highest BCUT2D eigenvalue weighted by Gasteiger charge is 2.12. The van der Waals surface area contributed by atoms with Crippen molar-refractivity contribution in [2.75, 3.05) is 19.8 Å². The lowest BCUT2D eigenvalue weighted by Crippen LogP contribution is -2.25. The highest BCUT2D eigenvalue weighted by molar-refractivity contribution is 5.75. The minimum Gasteiger partial charge on any atom is -0.494 e. The lowest BCUT2D eigenvalue weighted by molar-refractivity contribution is -0.121. The van der Waals surface area contributed by atoms with Gasteiger partial charge in [0, 0.05) is 19.6 Å². The van der Waals surface area contributed by atoms with Gasteiger partial charge in [-0.2, -0.15) is 0 Å². The maximum absolute atomic E-state index is 11.4. The first-order valence-electron chi connectivity index (χ1n) is 7.54. The van der Waals surface area contributed by atoms with E-state index in [0.29, 0.717) is 32.4 Å². The SMILES string of the molecule is CC(C)(C)c1ccc(OCCCC(=O)NCCCO)cc1. The Morgan fingerprint density at radius 2 is 1.86 bits per heavy atom. The topological polar surface area (TPSA) is 58.6 Å². The van der Waals surface area contributed by atoms with Gasteiger partial charge in [-0.25, -0.2) is 0 Å². The molecule has 21 heavy (non-hydrogen) atoms. The molecule has 1 aromatic carbocycles. The molecule has 2 N–H and O–H groups in total. The average Bonchev–Trinajstić information content (AvgIpc) is 2.43. The van der Waals surface area contributed by atoms with Gasteiger partial charge >= 0.3 is 0 Å². The van der Waals surface area contributed by atoms with Crippen molar-refractivity contribution in [3.05, 3.63) is 29.8 Å². The largest absolute Gasteiger partial charge is 0.494 e. The van der Waals surface area contributed by atoms with Gasteiger partial charge in [-0.15, -0.1) is 0 Å². The minimum absolute atomic E-state index is 0.00938. The van der Waals surface area contributed by atoms with Gasteiger partial charge in [-0.05, 0) is 36.0 Å². The van der Waals surface area contributed by atoms with Crippen LogP contribution in [0.15, 0.2) is 24.3 Å². The molecule has 0 radical (unpaired) electrons. The summed E-state index contributed by atoms with van der Waals surface area (Å²) in [5.41, 5.74) is 1.42. The Balaban J connectivity index is 2.22. The molecule has 0 spiro atoms. The van der Waals surface area contributed by atoms with Crippen molar-refractivity contribution in [1.82, 2.24) is 5.32 Å². The molecule has 118 valence electrons. The maximum atomic E-state index is 11.4. The van der Waals surface area contributed by atoms with E-state index < -0.39 is 0 Å². The first kappa shape index (κ1) is 17.5. The molecule has 0 atom stereocenters. The fourth-order valence-corrected chi connectivity index (χ4v) is 1.87. The quantitative estimate of drug-likeness (QED) is 0.724. The van der Waals surface area contributed by atoms with Gasteiger partial charge in [0.15, 0.2) is 0 Å². The number of amides is 1. The summed E-state index contributed by atoms with van der Waals surface area (Å²) in [5, 5.41) is 11.4. The van der Waals surface area contributed by atoms with Gasteiger partial charge in [0.2, 0.25) is 5.91 Å². The normalized spacial score (nSPS) is 11.2. The highest BCUT2D eigenvalue weighted by Crippen LogP contribution is 2.24. The number of hydrogen-bond donors (Lipinski definition) is 2. The lowest BCUT2D eigenvalue weighted by Gasteiger charge is -2.19. The van der Waals surface area contributed by atoms with Crippen LogP contribution < -0.4 is 10.1 Å². The van der Waals surface area contributed by atoms with Crippen molar-refractivity contribution < 1.29 is 14.6 Å². The fourth-order valence-electron chi connectivity index (χ4n) is 1.87. The van der Waals surface area contributed by atoms with Crippen molar-refractivity contribution >= 4 is 5.91 Å². The number of nitrogens with one attached hydrogen (secondary N) is 1. The first-order valence-corrected chi connectivity index (χ1v) is 7.54. The Labute approximate surface area is 127 Å². The van der Waals surface area contributed by atoms with E-state index in [1.807, 2.05) is 12.1 Å². The second kappa shape index (κ2) is 8.67. The Bertz CT molecular complexity index is 421. The zero-order valence-corrected chi connectivity index (χ0v) is 13.3. The van der Waals surface area contributed by atoms with E-state index >= 15 is 0 Å². The van der Waals surface area contributed by atoms with Crippen LogP contribution in [0.5, 0.6) is 5.75 Å². The summed E-state index contributed by atoms with van der Waals surface area (Å²) >= 11 is 0. The molecule has 0 saturated heterocycles. The molecule has 0 aromatic heterocycles. The first-order chi connectivity index (χ1) is 9.93. The molecule has 0 aliphatic rings. The van der Waals surface area contributed by atoms with E-state index in [4.69, 9.17) is 9.84 Å². The summed E-state index contributed by atoms with van der Waals surface area (Å²) in [6, 6.07) is 8.11. The second-order valence-corrected chi connectivity index (χ2v) is 6.15. The zero-order valence-electron chi connectivity index (χ0n) is 13.3. The summed E-state index contributed by atoms with van der Waals surface area (Å²) in [6.07, 6.45) is 1.74. The Kier molecular flexibility index (Phi) is 7.23. The second-order valence-electron chi connectivity index (χ2n) is 6.15. The number of benzene rings is 1. The molecule has 0 aliphatic carbocycles. The van der Waals surface area contributed by atoms with Crippen LogP contribution in [0, 0.1) is 0 Å². The van der Waals surface area contributed by atoms with E-state index in [9.17, 15) is 4.79 Å². The Morgan fingerprint density at radius 1 is 1.19 bits per heavy atom. The van der Waals surface area contributed by atoms with Crippen molar-refractivity contribution in [3.8, 4) is 5.75 Å². The number of ether oxygens (including phenoxy) is 1. The number of aliphatic hydroxyl groups excluding tert-OH is 1. The van der Waals surface area contributed by atoms with Crippen molar-refractivity contribution in [2.45, 2.75) is 45.4 Å². The van der Waals surface area contributed by atoms with Gasteiger partial charge in [0.25, 0.3) is 0 Å². The molecular weight excluding hydrogens is 266 g/mol. The highest BCUT2D eigenvalue weighted by atomic mass is 16.5. The summed E-state index contributed by atoms with van der Waals surface area (Å²) in [5.74, 6) is 0.846. The molecule has 1 amide bonds. The standard InChI is InChI=1S/C17H27NO3/c1-17(2,3)14-7-9-15(10-8-14)21-13-4-6-16(20)18-11-5-12-19/h7-10,19H,4-6,11-13H2,1-3H3,(H,18,20). The summed E-state index contributed by atoms with van der Waals surface area (Å²) in [7, 11) is 0. The molecular formula is C17H27NO3. The Hall–Kier alpha value is -1.55. The number of hydrogen-bond acceptors (Lipinski definition) is 3. The van der Waals surface area contributed by atoms with Gasteiger partial charge in [0.1, 0.15) is 5.75 Å². The molecule has 4 nitrogen and oxygen atoms in total. The van der Waals surface area contributed by atoms with Crippen LogP contribution >= 0.6 is 0 Å². The number of carbonyl (C=O) groups is 1. The van der Waals surface area contributed by atoms with E-state index in [1.165, 1.54) is 5.56 Å². The summed E-state index contributed by atoms with van der Waals surface area (Å²) in [6.45, 7) is 7.70. The molecule has 0 saturated carbocycles. The van der Waals surface area contributed by atoms with Crippen molar-refractivity contribution in [2.24, 2.45) is 0 Å². The summed E-state index contributed by atoms with van der Waals surface area (Å²) in [4.78, 5) is 11.4.